The van der Waals surface area contributed by atoms with Crippen molar-refractivity contribution in [2.45, 2.75) is 76.2 Å². The molecule has 5 amide bonds. The summed E-state index contributed by atoms with van der Waals surface area (Å²) in [7, 11) is 0. The van der Waals surface area contributed by atoms with E-state index < -0.39 is 78.1 Å². The average molecular weight is 688 g/mol. The van der Waals surface area contributed by atoms with Crippen LogP contribution in [0, 0.1) is 5.92 Å². The summed E-state index contributed by atoms with van der Waals surface area (Å²) in [6.07, 6.45) is 2.40. The lowest BCUT2D eigenvalue weighted by molar-refractivity contribution is -0.142. The van der Waals surface area contributed by atoms with Crippen LogP contribution >= 0.6 is 0 Å². The number of benzene rings is 1. The van der Waals surface area contributed by atoms with Gasteiger partial charge < -0.3 is 59.4 Å². The first-order valence-electron chi connectivity index (χ1n) is 15.4. The SMILES string of the molecule is CC(C)[C@H](NC(=O)[C@H](CC(N)=O)NC(=O)[C@H](Cc1ccc(O)cc1)NC(=O)[C@@H](N)CCCN=C(N)N)C(=O)N[C@@H](Cc1cnc[nH]1)C(=O)O. The molecule has 19 heteroatoms. The summed E-state index contributed by atoms with van der Waals surface area (Å²) < 4.78 is 0. The van der Waals surface area contributed by atoms with Crippen LogP contribution in [0.15, 0.2) is 41.8 Å². The minimum atomic E-state index is -1.59. The predicted octanol–water partition coefficient (Wildman–Crippen LogP) is -3.16. The van der Waals surface area contributed by atoms with Gasteiger partial charge in [-0.1, -0.05) is 26.0 Å². The van der Waals surface area contributed by atoms with Crippen molar-refractivity contribution >= 4 is 41.5 Å². The molecular formula is C30H45N11O8. The molecule has 0 aliphatic heterocycles. The molecule has 5 atom stereocenters. The monoisotopic (exact) mass is 687 g/mol. The quantitative estimate of drug-likeness (QED) is 0.0373. The van der Waals surface area contributed by atoms with Gasteiger partial charge in [-0.25, -0.2) is 9.78 Å². The molecule has 0 radical (unpaired) electrons. The predicted molar refractivity (Wildman–Crippen MR) is 176 cm³/mol. The Bertz CT molecular complexity index is 1460. The van der Waals surface area contributed by atoms with Crippen molar-refractivity contribution in [1.82, 2.24) is 31.2 Å². The summed E-state index contributed by atoms with van der Waals surface area (Å²) in [4.78, 5) is 87.4. The number of hydrogen-bond donors (Lipinski definition) is 11. The highest BCUT2D eigenvalue weighted by Gasteiger charge is 2.34. The van der Waals surface area contributed by atoms with Gasteiger partial charge in [-0.05, 0) is 36.5 Å². The van der Waals surface area contributed by atoms with E-state index in [1.54, 1.807) is 13.8 Å². The van der Waals surface area contributed by atoms with Gasteiger partial charge in [-0.15, -0.1) is 0 Å². The molecule has 0 aliphatic carbocycles. The Morgan fingerprint density at radius 3 is 2.02 bits per heavy atom. The maximum atomic E-state index is 13.6. The third kappa shape index (κ3) is 13.9. The third-order valence-corrected chi connectivity index (χ3v) is 7.19. The molecule has 1 heterocycles. The summed E-state index contributed by atoms with van der Waals surface area (Å²) in [5, 5.41) is 29.2. The molecule has 0 unspecified atom stereocenters. The van der Waals surface area contributed by atoms with E-state index >= 15 is 0 Å². The number of primary amides is 1. The average Bonchev–Trinajstić information content (AvgIpc) is 3.54. The number of rotatable bonds is 20. The van der Waals surface area contributed by atoms with Crippen molar-refractivity contribution in [3.8, 4) is 5.75 Å². The molecule has 15 N–H and O–H groups in total. The lowest BCUT2D eigenvalue weighted by atomic mass is 10.0. The molecule has 0 fully saturated rings. The molecule has 0 saturated carbocycles. The van der Waals surface area contributed by atoms with Crippen LogP contribution in [0.1, 0.15) is 44.4 Å². The van der Waals surface area contributed by atoms with Crippen molar-refractivity contribution in [2.24, 2.45) is 33.8 Å². The number of aliphatic carboxylic acids is 1. The maximum absolute atomic E-state index is 13.6. The number of carboxylic acid groups (broad SMARTS) is 1. The number of nitrogens with zero attached hydrogens (tertiary/aromatic N) is 2. The lowest BCUT2D eigenvalue weighted by Crippen LogP contribution is -2.60. The van der Waals surface area contributed by atoms with E-state index in [4.69, 9.17) is 22.9 Å². The molecule has 49 heavy (non-hydrogen) atoms. The van der Waals surface area contributed by atoms with Crippen LogP contribution in [0.2, 0.25) is 0 Å². The van der Waals surface area contributed by atoms with Crippen LogP contribution in [0.25, 0.3) is 0 Å². The Morgan fingerprint density at radius 2 is 1.47 bits per heavy atom. The Kier molecular flexibility index (Phi) is 15.4. The van der Waals surface area contributed by atoms with Crippen LogP contribution in [0.3, 0.4) is 0 Å². The molecule has 0 aliphatic rings. The largest absolute Gasteiger partial charge is 0.508 e. The summed E-state index contributed by atoms with van der Waals surface area (Å²) >= 11 is 0. The number of H-pyrrole nitrogens is 1. The molecule has 2 rings (SSSR count). The number of aliphatic imine (C=N–C) groups is 1. The zero-order valence-electron chi connectivity index (χ0n) is 27.2. The standard InChI is InChI=1S/C30H45N11O8/c1-15(2)24(28(47)40-22(29(48)49)11-17-13-35-14-37-17)41-27(46)21(12-23(32)43)39-26(45)20(10-16-5-7-18(42)8-6-16)38-25(44)19(31)4-3-9-36-30(33)34/h5-8,13-15,19-22,24,42H,3-4,9-12,31H2,1-2H3,(H2,32,43)(H,35,37)(H,38,44)(H,39,45)(H,40,47)(H,41,46)(H,48,49)(H4,33,34,36)/t19-,20-,21-,22-,24-/m0/s1. The minimum absolute atomic E-state index is 0.0329. The van der Waals surface area contributed by atoms with Gasteiger partial charge in [0.05, 0.1) is 18.8 Å². The van der Waals surface area contributed by atoms with Gasteiger partial charge >= 0.3 is 5.97 Å². The van der Waals surface area contributed by atoms with E-state index in [1.165, 1.54) is 36.8 Å². The summed E-state index contributed by atoms with van der Waals surface area (Å²) in [5.74, 6) is -6.37. The number of aromatic nitrogens is 2. The second-order valence-corrected chi connectivity index (χ2v) is 11.6. The zero-order valence-corrected chi connectivity index (χ0v) is 27.2. The van der Waals surface area contributed by atoms with E-state index in [9.17, 15) is 39.0 Å². The van der Waals surface area contributed by atoms with E-state index in [2.05, 4.69) is 36.2 Å². The number of aromatic amines is 1. The fourth-order valence-electron chi connectivity index (χ4n) is 4.56. The highest BCUT2D eigenvalue weighted by molar-refractivity contribution is 5.97. The summed E-state index contributed by atoms with van der Waals surface area (Å²) in [5.41, 5.74) is 23.0. The number of guanidine groups is 1. The van der Waals surface area contributed by atoms with E-state index in [0.29, 0.717) is 17.7 Å². The van der Waals surface area contributed by atoms with Crippen LogP contribution in [-0.4, -0.2) is 98.4 Å². The normalized spacial score (nSPS) is 14.0. The van der Waals surface area contributed by atoms with Gasteiger partial charge in [0, 0.05) is 31.3 Å². The summed E-state index contributed by atoms with van der Waals surface area (Å²) in [6, 6.07) is -0.805. The second kappa shape index (κ2) is 19.2. The number of carboxylic acids is 1. The van der Waals surface area contributed by atoms with Crippen LogP contribution in [0.4, 0.5) is 0 Å². The Morgan fingerprint density at radius 1 is 0.857 bits per heavy atom. The van der Waals surface area contributed by atoms with Crippen molar-refractivity contribution < 1.29 is 39.0 Å². The van der Waals surface area contributed by atoms with Gasteiger partial charge in [0.1, 0.15) is 29.9 Å². The smallest absolute Gasteiger partial charge is 0.326 e. The maximum Gasteiger partial charge on any atom is 0.326 e. The minimum Gasteiger partial charge on any atom is -0.508 e. The molecule has 19 nitrogen and oxygen atoms in total. The van der Waals surface area contributed by atoms with Crippen molar-refractivity contribution in [3.05, 3.63) is 48.0 Å². The molecule has 0 spiro atoms. The number of carbonyl (C=O) groups excluding carboxylic acids is 5. The highest BCUT2D eigenvalue weighted by Crippen LogP contribution is 2.13. The first-order chi connectivity index (χ1) is 23.1. The number of phenols is 1. The Hall–Kier alpha value is -5.72. The fraction of sp³-hybridized carbons (Fsp3) is 0.467. The number of imidazole rings is 1. The van der Waals surface area contributed by atoms with Gasteiger partial charge in [0.2, 0.25) is 29.5 Å². The molecule has 0 bridgehead atoms. The Balaban J connectivity index is 2.23. The number of nitrogens with two attached hydrogens (primary N) is 4. The van der Waals surface area contributed by atoms with Crippen LogP contribution in [0.5, 0.6) is 5.75 Å². The molecule has 1 aromatic heterocycles. The van der Waals surface area contributed by atoms with Crippen LogP contribution < -0.4 is 44.2 Å². The van der Waals surface area contributed by atoms with E-state index in [1.807, 2.05) is 0 Å². The van der Waals surface area contributed by atoms with Crippen molar-refractivity contribution in [2.75, 3.05) is 6.54 Å². The van der Waals surface area contributed by atoms with Crippen molar-refractivity contribution in [1.29, 1.82) is 0 Å². The first-order valence-corrected chi connectivity index (χ1v) is 15.4. The number of hydrogen-bond acceptors (Lipinski definition) is 10. The van der Waals surface area contributed by atoms with Gasteiger partial charge in [-0.2, -0.15) is 0 Å². The van der Waals surface area contributed by atoms with Gasteiger partial charge in [0.25, 0.3) is 0 Å². The van der Waals surface area contributed by atoms with Gasteiger partial charge in [0.15, 0.2) is 5.96 Å². The fourth-order valence-corrected chi connectivity index (χ4v) is 4.56. The van der Waals surface area contributed by atoms with E-state index in [-0.39, 0.29) is 37.5 Å². The second-order valence-electron chi connectivity index (χ2n) is 11.6. The summed E-state index contributed by atoms with van der Waals surface area (Å²) in [6.45, 7) is 3.42. The van der Waals surface area contributed by atoms with E-state index in [0.717, 1.165) is 0 Å². The molecule has 0 saturated heterocycles. The third-order valence-electron chi connectivity index (χ3n) is 7.19. The number of carbonyl (C=O) groups is 6. The first kappa shape index (κ1) is 39.5. The molecule has 2 aromatic rings. The number of aromatic hydroxyl groups is 1. The topological polar surface area (TPSA) is 336 Å². The number of phenolic OH excluding ortho intramolecular Hbond substituents is 1. The van der Waals surface area contributed by atoms with Crippen molar-refractivity contribution in [3.63, 3.8) is 0 Å². The zero-order chi connectivity index (χ0) is 36.7. The number of nitrogens with one attached hydrogen (secondary N) is 5. The molecule has 1 aromatic carbocycles. The number of amides is 5. The Labute approximate surface area is 282 Å². The lowest BCUT2D eigenvalue weighted by Gasteiger charge is -2.27. The van der Waals surface area contributed by atoms with Gasteiger partial charge in [-0.3, -0.25) is 29.0 Å². The molecular weight excluding hydrogens is 642 g/mol. The van der Waals surface area contributed by atoms with Crippen LogP contribution in [-0.2, 0) is 41.6 Å². The molecule has 268 valence electrons. The highest BCUT2D eigenvalue weighted by atomic mass is 16.4.